The molecule has 5 heteroatoms. The fraction of sp³-hybridized carbons (Fsp3) is 0.500. The second kappa shape index (κ2) is 5.29. The molecule has 1 aromatic heterocycles. The van der Waals surface area contributed by atoms with Gasteiger partial charge in [0, 0.05) is 19.5 Å². The van der Waals surface area contributed by atoms with Gasteiger partial charge in [0.1, 0.15) is 0 Å². The number of hydrogen-bond donors (Lipinski definition) is 2. The fourth-order valence-corrected chi connectivity index (χ4v) is 1.25. The Balaban J connectivity index is 2.65. The van der Waals surface area contributed by atoms with Crippen LogP contribution in [0.25, 0.3) is 0 Å². The minimum Gasteiger partial charge on any atom is -0.388 e. The number of nitrogens with two attached hydrogens (primary N) is 1. The number of nitrogens with zero attached hydrogens (tertiary/aromatic N) is 3. The van der Waals surface area contributed by atoms with Crippen molar-refractivity contribution in [3.8, 4) is 0 Å². The van der Waals surface area contributed by atoms with Crippen LogP contribution in [0.5, 0.6) is 0 Å². The molecular weight excluding hydrogens is 190 g/mol. The zero-order valence-electron chi connectivity index (χ0n) is 9.20. The van der Waals surface area contributed by atoms with Crippen molar-refractivity contribution in [2.45, 2.75) is 20.3 Å². The van der Waals surface area contributed by atoms with Gasteiger partial charge in [-0.05, 0) is 26.0 Å². The van der Waals surface area contributed by atoms with Gasteiger partial charge in [-0.2, -0.15) is 5.10 Å². The van der Waals surface area contributed by atoms with Gasteiger partial charge >= 0.3 is 0 Å². The SMILES string of the molecule is CCN(CCC(=N)N)c1ccc(C)nn1. The molecule has 5 nitrogen and oxygen atoms in total. The smallest absolute Gasteiger partial charge is 0.151 e. The average Bonchev–Trinajstić information content (AvgIpc) is 2.21. The van der Waals surface area contributed by atoms with Crippen molar-refractivity contribution in [3.05, 3.63) is 17.8 Å². The topological polar surface area (TPSA) is 78.9 Å². The Kier molecular flexibility index (Phi) is 4.03. The van der Waals surface area contributed by atoms with Gasteiger partial charge < -0.3 is 10.6 Å². The molecule has 0 aliphatic rings. The third-order valence-electron chi connectivity index (χ3n) is 2.14. The highest BCUT2D eigenvalue weighted by Gasteiger charge is 2.06. The first-order valence-corrected chi connectivity index (χ1v) is 5.01. The van der Waals surface area contributed by atoms with Gasteiger partial charge in [0.2, 0.25) is 0 Å². The number of nitrogens with one attached hydrogen (secondary N) is 1. The Bertz CT molecular complexity index is 319. The van der Waals surface area contributed by atoms with Gasteiger partial charge in [0.05, 0.1) is 11.5 Å². The van der Waals surface area contributed by atoms with E-state index in [-0.39, 0.29) is 5.84 Å². The lowest BCUT2D eigenvalue weighted by molar-refractivity contribution is 0.794. The van der Waals surface area contributed by atoms with Gasteiger partial charge in [0.25, 0.3) is 0 Å². The van der Waals surface area contributed by atoms with Crippen molar-refractivity contribution in [2.24, 2.45) is 5.73 Å². The van der Waals surface area contributed by atoms with Gasteiger partial charge in [0.15, 0.2) is 5.82 Å². The molecule has 1 rings (SSSR count). The number of aryl methyl sites for hydroxylation is 1. The fourth-order valence-electron chi connectivity index (χ4n) is 1.25. The summed E-state index contributed by atoms with van der Waals surface area (Å²) in [4.78, 5) is 2.05. The Hall–Kier alpha value is -1.65. The summed E-state index contributed by atoms with van der Waals surface area (Å²) in [6, 6.07) is 3.87. The highest BCUT2D eigenvalue weighted by Crippen LogP contribution is 2.09. The molecule has 0 aromatic carbocycles. The molecule has 1 aromatic rings. The van der Waals surface area contributed by atoms with Crippen LogP contribution in [-0.4, -0.2) is 29.1 Å². The van der Waals surface area contributed by atoms with E-state index >= 15 is 0 Å². The summed E-state index contributed by atoms with van der Waals surface area (Å²) >= 11 is 0. The minimum absolute atomic E-state index is 0.202. The van der Waals surface area contributed by atoms with E-state index in [9.17, 15) is 0 Å². The molecule has 0 spiro atoms. The summed E-state index contributed by atoms with van der Waals surface area (Å²) in [6.07, 6.45) is 0.559. The maximum Gasteiger partial charge on any atom is 0.151 e. The van der Waals surface area contributed by atoms with Crippen molar-refractivity contribution < 1.29 is 0 Å². The molecule has 0 saturated carbocycles. The molecule has 0 amide bonds. The first-order valence-electron chi connectivity index (χ1n) is 5.01. The van der Waals surface area contributed by atoms with Crippen LogP contribution in [0, 0.1) is 12.3 Å². The van der Waals surface area contributed by atoms with E-state index in [2.05, 4.69) is 10.2 Å². The monoisotopic (exact) mass is 207 g/mol. The molecule has 0 aliphatic carbocycles. The number of hydrogen-bond acceptors (Lipinski definition) is 4. The molecule has 0 aliphatic heterocycles. The molecule has 0 radical (unpaired) electrons. The van der Waals surface area contributed by atoms with E-state index < -0.39 is 0 Å². The molecule has 0 bridgehead atoms. The second-order valence-electron chi connectivity index (χ2n) is 3.39. The molecule has 0 atom stereocenters. The molecule has 0 unspecified atom stereocenters. The van der Waals surface area contributed by atoms with E-state index in [1.54, 1.807) is 0 Å². The minimum atomic E-state index is 0.202. The van der Waals surface area contributed by atoms with Gasteiger partial charge in [-0.15, -0.1) is 5.10 Å². The quantitative estimate of drug-likeness (QED) is 0.556. The number of aromatic nitrogens is 2. The molecule has 3 N–H and O–H groups in total. The predicted molar refractivity (Wildman–Crippen MR) is 61.2 cm³/mol. The summed E-state index contributed by atoms with van der Waals surface area (Å²) < 4.78 is 0. The highest BCUT2D eigenvalue weighted by molar-refractivity contribution is 5.77. The maximum absolute atomic E-state index is 7.17. The average molecular weight is 207 g/mol. The molecule has 1 heterocycles. The van der Waals surface area contributed by atoms with E-state index in [0.29, 0.717) is 13.0 Å². The number of anilines is 1. The van der Waals surface area contributed by atoms with E-state index in [1.165, 1.54) is 0 Å². The molecule has 82 valence electrons. The largest absolute Gasteiger partial charge is 0.388 e. The molecule has 0 fully saturated rings. The van der Waals surface area contributed by atoms with Crippen LogP contribution in [-0.2, 0) is 0 Å². The second-order valence-corrected chi connectivity index (χ2v) is 3.39. The summed E-state index contributed by atoms with van der Waals surface area (Å²) in [6.45, 7) is 5.50. The Labute approximate surface area is 89.8 Å². The van der Waals surface area contributed by atoms with Gasteiger partial charge in [-0.1, -0.05) is 0 Å². The molecule has 15 heavy (non-hydrogen) atoms. The van der Waals surface area contributed by atoms with Crippen molar-refractivity contribution in [1.82, 2.24) is 10.2 Å². The third-order valence-corrected chi connectivity index (χ3v) is 2.14. The first-order chi connectivity index (χ1) is 7.13. The lowest BCUT2D eigenvalue weighted by Crippen LogP contribution is -2.28. The van der Waals surface area contributed by atoms with E-state index in [4.69, 9.17) is 11.1 Å². The number of amidine groups is 1. The van der Waals surface area contributed by atoms with Crippen molar-refractivity contribution in [2.75, 3.05) is 18.0 Å². The van der Waals surface area contributed by atoms with Crippen LogP contribution in [0.3, 0.4) is 0 Å². The van der Waals surface area contributed by atoms with Crippen LogP contribution in [0.15, 0.2) is 12.1 Å². The summed E-state index contributed by atoms with van der Waals surface area (Å²) in [7, 11) is 0. The van der Waals surface area contributed by atoms with Crippen LogP contribution >= 0.6 is 0 Å². The Morgan fingerprint density at radius 2 is 2.20 bits per heavy atom. The predicted octanol–water partition coefficient (Wildman–Crippen LogP) is 0.937. The zero-order valence-corrected chi connectivity index (χ0v) is 9.20. The van der Waals surface area contributed by atoms with Crippen LogP contribution in [0.4, 0.5) is 5.82 Å². The lowest BCUT2D eigenvalue weighted by atomic mass is 10.3. The third kappa shape index (κ3) is 3.53. The summed E-state index contributed by atoms with van der Waals surface area (Å²) in [5, 5.41) is 15.3. The number of rotatable bonds is 5. The van der Waals surface area contributed by atoms with Gasteiger partial charge in [-0.3, -0.25) is 5.41 Å². The standard InChI is InChI=1S/C10H17N5/c1-3-15(7-6-9(11)12)10-5-4-8(2)13-14-10/h4-5H,3,6-7H2,1-2H3,(H3,11,12). The van der Waals surface area contributed by atoms with Crippen LogP contribution < -0.4 is 10.6 Å². The van der Waals surface area contributed by atoms with Crippen molar-refractivity contribution in [3.63, 3.8) is 0 Å². The normalized spacial score (nSPS) is 10.0. The summed E-state index contributed by atoms with van der Waals surface area (Å²) in [5.74, 6) is 1.04. The maximum atomic E-state index is 7.17. The van der Waals surface area contributed by atoms with E-state index in [1.807, 2.05) is 30.9 Å². The molecule has 0 saturated heterocycles. The highest BCUT2D eigenvalue weighted by atomic mass is 15.3. The zero-order chi connectivity index (χ0) is 11.3. The van der Waals surface area contributed by atoms with Crippen molar-refractivity contribution >= 4 is 11.7 Å². The van der Waals surface area contributed by atoms with Crippen LogP contribution in [0.2, 0.25) is 0 Å². The Morgan fingerprint density at radius 3 is 2.67 bits per heavy atom. The van der Waals surface area contributed by atoms with Crippen LogP contribution in [0.1, 0.15) is 19.0 Å². The van der Waals surface area contributed by atoms with Gasteiger partial charge in [-0.25, -0.2) is 0 Å². The van der Waals surface area contributed by atoms with E-state index in [0.717, 1.165) is 18.1 Å². The first kappa shape index (κ1) is 11.4. The summed E-state index contributed by atoms with van der Waals surface area (Å²) in [5.41, 5.74) is 6.22. The molecular formula is C10H17N5. The lowest BCUT2D eigenvalue weighted by Gasteiger charge is -2.20. The Morgan fingerprint density at radius 1 is 1.47 bits per heavy atom. The van der Waals surface area contributed by atoms with Crippen molar-refractivity contribution in [1.29, 1.82) is 5.41 Å².